The summed E-state index contributed by atoms with van der Waals surface area (Å²) >= 11 is 8.46. The summed E-state index contributed by atoms with van der Waals surface area (Å²) in [4.78, 5) is 13.9. The minimum absolute atomic E-state index is 0.0844. The predicted molar refractivity (Wildman–Crippen MR) is 111 cm³/mol. The number of anilines is 2. The molecule has 0 fully saturated rings. The minimum atomic E-state index is -3.44. The summed E-state index contributed by atoms with van der Waals surface area (Å²) < 4.78 is 24.5. The van der Waals surface area contributed by atoms with Crippen molar-refractivity contribution < 1.29 is 13.2 Å². The molecule has 0 spiro atoms. The van der Waals surface area contributed by atoms with Gasteiger partial charge in [0.2, 0.25) is 26.2 Å². The molecule has 0 aliphatic carbocycles. The number of aromatic nitrogens is 2. The van der Waals surface area contributed by atoms with Crippen LogP contribution < -0.4 is 10.0 Å². The quantitative estimate of drug-likeness (QED) is 0.565. The molecule has 3 aromatic rings. The van der Waals surface area contributed by atoms with E-state index in [1.807, 2.05) is 36.4 Å². The number of nitrogens with one attached hydrogen (secondary N) is 2. The molecule has 1 amide bonds. The molecule has 0 saturated heterocycles. The molecule has 7 nitrogen and oxygen atoms in total. The van der Waals surface area contributed by atoms with Gasteiger partial charge in [-0.15, -0.1) is 21.5 Å². The number of hydrogen-bond donors (Lipinski definition) is 2. The lowest BCUT2D eigenvalue weighted by molar-refractivity contribution is -0.111. The van der Waals surface area contributed by atoms with Crippen LogP contribution in [-0.2, 0) is 14.8 Å². The molecule has 0 saturated carbocycles. The zero-order chi connectivity index (χ0) is 19.4. The van der Waals surface area contributed by atoms with E-state index in [-0.39, 0.29) is 10.3 Å². The van der Waals surface area contributed by atoms with Gasteiger partial charge in [0.1, 0.15) is 0 Å². The average molecular weight is 441 g/mol. The molecule has 0 radical (unpaired) electrons. The van der Waals surface area contributed by atoms with E-state index in [1.54, 1.807) is 6.08 Å². The predicted octanol–water partition coefficient (Wildman–Crippen LogP) is 3.94. The summed E-state index contributed by atoms with van der Waals surface area (Å²) in [5.41, 5.74) is 1.01. The summed E-state index contributed by atoms with van der Waals surface area (Å²) in [6.07, 6.45) is 4.07. The van der Waals surface area contributed by atoms with Crippen molar-refractivity contribution in [3.8, 4) is 10.4 Å². The van der Waals surface area contributed by atoms with Gasteiger partial charge >= 0.3 is 0 Å². The molecule has 2 N–H and O–H groups in total. The van der Waals surface area contributed by atoms with Gasteiger partial charge in [0.05, 0.1) is 6.26 Å². The van der Waals surface area contributed by atoms with Crippen LogP contribution >= 0.6 is 34.3 Å². The third-order valence-corrected chi connectivity index (χ3v) is 5.84. The fraction of sp³-hybridized carbons (Fsp3) is 0.0625. The first-order chi connectivity index (χ1) is 12.8. The highest BCUT2D eigenvalue weighted by molar-refractivity contribution is 7.92. The van der Waals surface area contributed by atoms with Crippen LogP contribution in [0.4, 0.5) is 10.3 Å². The summed E-state index contributed by atoms with van der Waals surface area (Å²) in [5, 5.41) is 10.8. The van der Waals surface area contributed by atoms with Crippen molar-refractivity contribution in [1.29, 1.82) is 0 Å². The normalized spacial score (nSPS) is 11.6. The van der Waals surface area contributed by atoms with Crippen molar-refractivity contribution in [2.45, 2.75) is 0 Å². The van der Waals surface area contributed by atoms with Crippen molar-refractivity contribution in [3.63, 3.8) is 0 Å². The number of carbonyl (C=O) groups is 1. The van der Waals surface area contributed by atoms with Crippen molar-refractivity contribution in [3.05, 3.63) is 52.4 Å². The molecule has 2 heterocycles. The first kappa shape index (κ1) is 19.5. The smallest absolute Gasteiger partial charge is 0.250 e. The van der Waals surface area contributed by atoms with E-state index in [4.69, 9.17) is 11.6 Å². The topological polar surface area (TPSA) is 101 Å². The lowest BCUT2D eigenvalue weighted by Gasteiger charge is -1.97. The molecule has 27 heavy (non-hydrogen) atoms. The maximum atomic E-state index is 12.0. The molecule has 0 aliphatic rings. The van der Waals surface area contributed by atoms with Gasteiger partial charge < -0.3 is 0 Å². The molecular weight excluding hydrogens is 428 g/mol. The van der Waals surface area contributed by atoms with Crippen LogP contribution in [0.3, 0.4) is 0 Å². The number of thiophene rings is 1. The second-order valence-electron chi connectivity index (χ2n) is 5.32. The first-order valence-electron chi connectivity index (χ1n) is 7.45. The highest BCUT2D eigenvalue weighted by Gasteiger charge is 2.10. The number of halogens is 1. The molecule has 0 atom stereocenters. The Bertz CT molecular complexity index is 1110. The van der Waals surface area contributed by atoms with Gasteiger partial charge in [-0.3, -0.25) is 14.8 Å². The zero-order valence-electron chi connectivity index (χ0n) is 13.8. The van der Waals surface area contributed by atoms with Crippen molar-refractivity contribution in [1.82, 2.24) is 10.2 Å². The van der Waals surface area contributed by atoms with Crippen LogP contribution in [0.15, 0.2) is 42.5 Å². The Morgan fingerprint density at radius 1 is 1.15 bits per heavy atom. The highest BCUT2D eigenvalue weighted by Crippen LogP contribution is 2.30. The van der Waals surface area contributed by atoms with Crippen molar-refractivity contribution >= 4 is 66.5 Å². The molecule has 140 valence electrons. The number of nitrogens with zero attached hydrogens (tertiary/aromatic N) is 2. The Kier molecular flexibility index (Phi) is 5.90. The van der Waals surface area contributed by atoms with E-state index in [2.05, 4.69) is 20.2 Å². The van der Waals surface area contributed by atoms with Crippen LogP contribution in [0, 0.1) is 0 Å². The van der Waals surface area contributed by atoms with E-state index in [0.29, 0.717) is 5.02 Å². The summed E-state index contributed by atoms with van der Waals surface area (Å²) in [6, 6.07) is 11.4. The molecule has 0 unspecified atom stereocenters. The Balaban J connectivity index is 1.62. The fourth-order valence-corrected chi connectivity index (χ4v) is 4.59. The van der Waals surface area contributed by atoms with Gasteiger partial charge in [-0.25, -0.2) is 8.42 Å². The maximum Gasteiger partial charge on any atom is 0.250 e. The van der Waals surface area contributed by atoms with E-state index in [9.17, 15) is 13.2 Å². The zero-order valence-corrected chi connectivity index (χ0v) is 17.0. The number of amides is 1. The number of rotatable bonds is 6. The molecule has 0 aliphatic heterocycles. The number of hydrogen-bond acceptors (Lipinski definition) is 7. The lowest BCUT2D eigenvalue weighted by Crippen LogP contribution is -2.09. The molecular formula is C16H13ClN4O3S3. The van der Waals surface area contributed by atoms with Crippen LogP contribution in [-0.4, -0.2) is 30.8 Å². The van der Waals surface area contributed by atoms with Crippen molar-refractivity contribution in [2.75, 3.05) is 16.3 Å². The first-order valence-corrected chi connectivity index (χ1v) is 11.3. The van der Waals surface area contributed by atoms with Crippen LogP contribution in [0.25, 0.3) is 16.5 Å². The fourth-order valence-electron chi connectivity index (χ4n) is 2.02. The summed E-state index contributed by atoms with van der Waals surface area (Å²) in [6.45, 7) is 0. The average Bonchev–Trinajstić information content (AvgIpc) is 3.21. The monoisotopic (exact) mass is 440 g/mol. The van der Waals surface area contributed by atoms with Gasteiger partial charge in [-0.1, -0.05) is 35.1 Å². The lowest BCUT2D eigenvalue weighted by atomic mass is 10.2. The Morgan fingerprint density at radius 2 is 1.93 bits per heavy atom. The molecule has 2 aromatic heterocycles. The van der Waals surface area contributed by atoms with Crippen LogP contribution in [0.1, 0.15) is 4.88 Å². The largest absolute Gasteiger partial charge is 0.297 e. The van der Waals surface area contributed by atoms with Gasteiger partial charge in [-0.05, 0) is 35.9 Å². The number of benzene rings is 1. The third kappa shape index (κ3) is 5.86. The van der Waals surface area contributed by atoms with Gasteiger partial charge in [0.25, 0.3) is 0 Å². The second kappa shape index (κ2) is 8.17. The van der Waals surface area contributed by atoms with E-state index in [0.717, 1.165) is 32.9 Å². The Morgan fingerprint density at radius 3 is 2.67 bits per heavy atom. The Labute approximate surface area is 168 Å². The number of sulfonamides is 1. The van der Waals surface area contributed by atoms with Crippen molar-refractivity contribution in [2.24, 2.45) is 0 Å². The van der Waals surface area contributed by atoms with Gasteiger partial charge in [0.15, 0.2) is 0 Å². The van der Waals surface area contributed by atoms with Crippen LogP contribution in [0.5, 0.6) is 0 Å². The Hall–Kier alpha value is -2.27. The van der Waals surface area contributed by atoms with Gasteiger partial charge in [-0.2, -0.15) is 0 Å². The van der Waals surface area contributed by atoms with Crippen LogP contribution in [0.2, 0.25) is 5.02 Å². The van der Waals surface area contributed by atoms with E-state index in [1.165, 1.54) is 17.4 Å². The maximum absolute atomic E-state index is 12.0. The minimum Gasteiger partial charge on any atom is -0.297 e. The SMILES string of the molecule is CS(=O)(=O)Nc1nnc(NC(=O)C=Cc2ccc(-c3cccc(Cl)c3)s2)s1. The van der Waals surface area contributed by atoms with E-state index >= 15 is 0 Å². The molecule has 1 aromatic carbocycles. The standard InChI is InChI=1S/C16H13ClN4O3S3/c1-27(23,24)21-16-20-19-15(26-16)18-14(22)8-6-12-5-7-13(25-12)10-3-2-4-11(17)9-10/h2-9H,1H3,(H,20,21)(H,18,19,22). The molecule has 0 bridgehead atoms. The molecule has 3 rings (SSSR count). The summed E-state index contributed by atoms with van der Waals surface area (Å²) in [7, 11) is -3.44. The summed E-state index contributed by atoms with van der Waals surface area (Å²) in [5.74, 6) is -0.394. The van der Waals surface area contributed by atoms with E-state index < -0.39 is 15.9 Å². The molecule has 11 heteroatoms. The second-order valence-corrected chi connectivity index (χ2v) is 9.60. The van der Waals surface area contributed by atoms with Gasteiger partial charge in [0, 0.05) is 20.9 Å². The third-order valence-electron chi connectivity index (χ3n) is 3.06. The highest BCUT2D eigenvalue weighted by atomic mass is 35.5. The number of carbonyl (C=O) groups excluding carboxylic acids is 1.